The molecular formula is C34H30F4N6O. The summed E-state index contributed by atoms with van der Waals surface area (Å²) < 4.78 is 60.9. The van der Waals surface area contributed by atoms with Gasteiger partial charge in [0.25, 0.3) is 0 Å². The quantitative estimate of drug-likeness (QED) is 0.171. The molecule has 7 nitrogen and oxygen atoms in total. The SMILES string of the molecule is CN(C)Cc1ccc(CCc2ccc(C#Cc3ccc(C(F)(F)C(O)(Cn4cnnn4)c4ccc(F)cc4F)nc3)cc2)cc1. The van der Waals surface area contributed by atoms with Crippen LogP contribution in [0.2, 0.25) is 0 Å². The molecule has 0 aliphatic heterocycles. The van der Waals surface area contributed by atoms with Crippen molar-refractivity contribution in [1.82, 2.24) is 30.1 Å². The minimum Gasteiger partial charge on any atom is -0.377 e. The molecule has 1 atom stereocenters. The average molecular weight is 615 g/mol. The van der Waals surface area contributed by atoms with Gasteiger partial charge < -0.3 is 10.0 Å². The number of rotatable bonds is 10. The van der Waals surface area contributed by atoms with E-state index in [-0.39, 0.29) is 0 Å². The Bertz CT molecular complexity index is 1780. The van der Waals surface area contributed by atoms with Crippen LogP contribution in [0.5, 0.6) is 0 Å². The van der Waals surface area contributed by atoms with E-state index in [0.29, 0.717) is 11.6 Å². The summed E-state index contributed by atoms with van der Waals surface area (Å²) in [6.07, 6.45) is 3.93. The highest BCUT2D eigenvalue weighted by Crippen LogP contribution is 2.46. The van der Waals surface area contributed by atoms with E-state index < -0.39 is 41.0 Å². The molecule has 3 aromatic carbocycles. The number of aromatic nitrogens is 5. The number of halogens is 4. The molecule has 5 rings (SSSR count). The van der Waals surface area contributed by atoms with Gasteiger partial charge in [0.05, 0.1) is 6.54 Å². The number of aliphatic hydroxyl groups is 1. The van der Waals surface area contributed by atoms with Gasteiger partial charge in [0.15, 0.2) is 5.60 Å². The first-order valence-corrected chi connectivity index (χ1v) is 14.1. The smallest absolute Gasteiger partial charge is 0.323 e. The molecule has 0 radical (unpaired) electrons. The van der Waals surface area contributed by atoms with E-state index in [1.54, 1.807) is 0 Å². The molecule has 2 heterocycles. The molecule has 0 bridgehead atoms. The Balaban J connectivity index is 1.28. The van der Waals surface area contributed by atoms with Gasteiger partial charge in [0.2, 0.25) is 0 Å². The van der Waals surface area contributed by atoms with Crippen LogP contribution >= 0.6 is 0 Å². The first-order chi connectivity index (χ1) is 21.5. The number of benzene rings is 3. The molecule has 0 saturated carbocycles. The predicted octanol–water partition coefficient (Wildman–Crippen LogP) is 5.27. The fourth-order valence-electron chi connectivity index (χ4n) is 4.90. The van der Waals surface area contributed by atoms with Crippen LogP contribution in [-0.4, -0.2) is 49.3 Å². The number of nitrogens with zero attached hydrogens (tertiary/aromatic N) is 6. The van der Waals surface area contributed by atoms with Gasteiger partial charge in [-0.05, 0) is 90.5 Å². The van der Waals surface area contributed by atoms with Crippen LogP contribution in [0.3, 0.4) is 0 Å². The molecule has 0 saturated heterocycles. The molecule has 0 aliphatic rings. The molecule has 0 spiro atoms. The van der Waals surface area contributed by atoms with Crippen LogP contribution in [-0.2, 0) is 37.5 Å². The Hall–Kier alpha value is -4.92. The van der Waals surface area contributed by atoms with Gasteiger partial charge in [-0.15, -0.1) is 5.10 Å². The molecule has 0 fully saturated rings. The van der Waals surface area contributed by atoms with E-state index in [1.807, 2.05) is 38.4 Å². The summed E-state index contributed by atoms with van der Waals surface area (Å²) in [7, 11) is 4.09. The van der Waals surface area contributed by atoms with E-state index in [9.17, 15) is 13.9 Å². The Labute approximate surface area is 258 Å². The second kappa shape index (κ2) is 13.4. The molecule has 11 heteroatoms. The van der Waals surface area contributed by atoms with Crippen LogP contribution in [0.4, 0.5) is 17.6 Å². The Kier molecular flexibility index (Phi) is 9.37. The molecule has 45 heavy (non-hydrogen) atoms. The fraction of sp³-hybridized carbons (Fsp3) is 0.235. The molecular weight excluding hydrogens is 584 g/mol. The normalized spacial score (nSPS) is 12.9. The number of aryl methyl sites for hydroxylation is 2. The van der Waals surface area contributed by atoms with Crippen LogP contribution in [0, 0.1) is 23.5 Å². The van der Waals surface area contributed by atoms with Crippen molar-refractivity contribution >= 4 is 0 Å². The molecule has 1 unspecified atom stereocenters. The van der Waals surface area contributed by atoms with Crippen molar-refractivity contribution in [1.29, 1.82) is 0 Å². The van der Waals surface area contributed by atoms with Crippen molar-refractivity contribution in [2.24, 2.45) is 0 Å². The topological polar surface area (TPSA) is 80.0 Å². The van der Waals surface area contributed by atoms with E-state index in [0.717, 1.165) is 65.9 Å². The van der Waals surface area contributed by atoms with Crippen molar-refractivity contribution in [3.63, 3.8) is 0 Å². The third-order valence-corrected chi connectivity index (χ3v) is 7.29. The maximum atomic E-state index is 15.9. The van der Waals surface area contributed by atoms with Gasteiger partial charge in [-0.25, -0.2) is 13.5 Å². The third kappa shape index (κ3) is 7.42. The minimum absolute atomic E-state index is 0.355. The van der Waals surface area contributed by atoms with E-state index >= 15 is 8.78 Å². The summed E-state index contributed by atoms with van der Waals surface area (Å²) in [5.41, 5.74) is -0.0967. The van der Waals surface area contributed by atoms with E-state index in [4.69, 9.17) is 0 Å². The monoisotopic (exact) mass is 614 g/mol. The number of pyridine rings is 1. The summed E-state index contributed by atoms with van der Waals surface area (Å²) in [5.74, 6) is -0.582. The average Bonchev–Trinajstić information content (AvgIpc) is 3.53. The largest absolute Gasteiger partial charge is 0.377 e. The number of tetrazole rings is 1. The number of alkyl halides is 2. The maximum absolute atomic E-state index is 15.9. The summed E-state index contributed by atoms with van der Waals surface area (Å²) in [4.78, 5) is 5.98. The van der Waals surface area contributed by atoms with Gasteiger partial charge in [-0.1, -0.05) is 48.2 Å². The van der Waals surface area contributed by atoms with Crippen LogP contribution < -0.4 is 0 Å². The van der Waals surface area contributed by atoms with Crippen molar-refractivity contribution < 1.29 is 22.7 Å². The van der Waals surface area contributed by atoms with Crippen molar-refractivity contribution in [2.45, 2.75) is 37.5 Å². The molecule has 5 aromatic rings. The number of hydrogen-bond donors (Lipinski definition) is 1. The van der Waals surface area contributed by atoms with Crippen LogP contribution in [0.25, 0.3) is 0 Å². The highest BCUT2D eigenvalue weighted by molar-refractivity contribution is 5.43. The molecule has 230 valence electrons. The molecule has 0 aliphatic carbocycles. The summed E-state index contributed by atoms with van der Waals surface area (Å²) >= 11 is 0. The highest BCUT2D eigenvalue weighted by Gasteiger charge is 2.58. The first-order valence-electron chi connectivity index (χ1n) is 14.1. The van der Waals surface area contributed by atoms with Crippen LogP contribution in [0.15, 0.2) is 91.4 Å². The highest BCUT2D eigenvalue weighted by atomic mass is 19.3. The Morgan fingerprint density at radius 2 is 1.44 bits per heavy atom. The maximum Gasteiger partial charge on any atom is 0.323 e. The molecule has 0 amide bonds. The van der Waals surface area contributed by atoms with Crippen LogP contribution in [0.1, 0.15) is 39.1 Å². The lowest BCUT2D eigenvalue weighted by atomic mass is 9.84. The first kappa shape index (κ1) is 31.5. The molecule has 1 N–H and O–H groups in total. The zero-order valence-corrected chi connectivity index (χ0v) is 24.6. The van der Waals surface area contributed by atoms with Gasteiger partial charge in [0, 0.05) is 35.5 Å². The predicted molar refractivity (Wildman–Crippen MR) is 160 cm³/mol. The van der Waals surface area contributed by atoms with E-state index in [2.05, 4.69) is 61.5 Å². The van der Waals surface area contributed by atoms with Crippen molar-refractivity contribution in [3.8, 4) is 11.8 Å². The molecule has 2 aromatic heterocycles. The van der Waals surface area contributed by atoms with Crippen molar-refractivity contribution in [2.75, 3.05) is 14.1 Å². The summed E-state index contributed by atoms with van der Waals surface area (Å²) in [6.45, 7) is -0.0294. The minimum atomic E-state index is -4.15. The zero-order valence-electron chi connectivity index (χ0n) is 24.6. The van der Waals surface area contributed by atoms with E-state index in [1.165, 1.54) is 17.2 Å². The van der Waals surface area contributed by atoms with Crippen molar-refractivity contribution in [3.05, 3.63) is 142 Å². The second-order valence-electron chi connectivity index (χ2n) is 11.0. The van der Waals surface area contributed by atoms with Gasteiger partial charge >= 0.3 is 5.92 Å². The number of hydrogen-bond acceptors (Lipinski definition) is 6. The second-order valence-corrected chi connectivity index (χ2v) is 11.0. The fourth-order valence-corrected chi connectivity index (χ4v) is 4.90. The lowest BCUT2D eigenvalue weighted by Crippen LogP contribution is -2.48. The Morgan fingerprint density at radius 3 is 2.02 bits per heavy atom. The zero-order chi connectivity index (χ0) is 32.0. The summed E-state index contributed by atoms with van der Waals surface area (Å²) in [6, 6.07) is 20.7. The summed E-state index contributed by atoms with van der Waals surface area (Å²) in [5, 5.41) is 21.6. The van der Waals surface area contributed by atoms with Gasteiger partial charge in [0.1, 0.15) is 23.7 Å². The Morgan fingerprint density at radius 1 is 0.822 bits per heavy atom. The van der Waals surface area contributed by atoms with Gasteiger partial charge in [-0.2, -0.15) is 8.78 Å². The lowest BCUT2D eigenvalue weighted by molar-refractivity contribution is -0.207. The lowest BCUT2D eigenvalue weighted by Gasteiger charge is -2.35. The third-order valence-electron chi connectivity index (χ3n) is 7.29. The standard InChI is InChI=1S/C34H30F4N6O/c1-43(2)21-28-13-10-26(11-14-28)8-5-24-3-6-25(7-4-24)9-12-27-15-18-32(39-20-27)34(37,38)33(45,22-44-23-40-41-42-44)30-17-16-29(35)19-31(30)36/h3-4,6-7,10-11,13-20,23,45H,5,8,21-22H2,1-2H3. The van der Waals surface area contributed by atoms with Gasteiger partial charge in [-0.3, -0.25) is 4.98 Å².